The third kappa shape index (κ3) is 5.70. The summed E-state index contributed by atoms with van der Waals surface area (Å²) < 4.78 is 112. The van der Waals surface area contributed by atoms with Gasteiger partial charge in [0.15, 0.2) is 17.5 Å². The Morgan fingerprint density at radius 1 is 0.417 bits per heavy atom. The van der Waals surface area contributed by atoms with Crippen LogP contribution in [0.15, 0.2) is 206 Å². The van der Waals surface area contributed by atoms with Gasteiger partial charge in [-0.3, -0.25) is 0 Å². The van der Waals surface area contributed by atoms with E-state index in [1.807, 2.05) is 97.1 Å². The average molecular weight is 795 g/mol. The van der Waals surface area contributed by atoms with E-state index in [0.717, 1.165) is 36.5 Å². The maximum absolute atomic E-state index is 9.82. The normalized spacial score (nSPS) is 14.5. The summed E-state index contributed by atoms with van der Waals surface area (Å²) in [6.45, 7) is 0. The maximum Gasteiger partial charge on any atom is 0.166 e. The van der Waals surface area contributed by atoms with Crippen molar-refractivity contribution in [3.8, 4) is 62.1 Å². The predicted octanol–water partition coefficient (Wildman–Crippen LogP) is 14.8. The van der Waals surface area contributed by atoms with Crippen molar-refractivity contribution in [2.24, 2.45) is 0 Å². The fourth-order valence-corrected chi connectivity index (χ4v) is 9.16. The number of nitrogens with zero attached hydrogens (tertiary/aromatic N) is 4. The molecular formula is C55H34N4S. The molecule has 0 saturated heterocycles. The van der Waals surface area contributed by atoms with Gasteiger partial charge in [-0.25, -0.2) is 15.0 Å². The van der Waals surface area contributed by atoms with Crippen molar-refractivity contribution in [1.82, 2.24) is 19.5 Å². The van der Waals surface area contributed by atoms with Crippen LogP contribution in [0.1, 0.15) is 16.4 Å². The van der Waals surface area contributed by atoms with Gasteiger partial charge in [0, 0.05) is 42.1 Å². The lowest BCUT2D eigenvalue weighted by Crippen LogP contribution is -2.05. The molecule has 12 aromatic rings. The summed E-state index contributed by atoms with van der Waals surface area (Å²) in [4.78, 5) is 15.6. The molecule has 0 fully saturated rings. The lowest BCUT2D eigenvalue weighted by Gasteiger charge is -2.18. The fraction of sp³-hybridized carbons (Fsp3) is 0. The van der Waals surface area contributed by atoms with Crippen molar-refractivity contribution in [2.75, 3.05) is 0 Å². The van der Waals surface area contributed by atoms with E-state index in [1.54, 1.807) is 23.5 Å². The zero-order chi connectivity index (χ0) is 50.0. The third-order valence-electron chi connectivity index (χ3n) is 10.8. The monoisotopic (exact) mass is 794 g/mol. The first-order valence-corrected chi connectivity index (χ1v) is 20.0. The number of hydrogen-bond donors (Lipinski definition) is 0. The van der Waals surface area contributed by atoms with E-state index in [0.29, 0.717) is 33.9 Å². The number of fused-ring (bicyclic) bond motifs is 7. The van der Waals surface area contributed by atoms with Crippen LogP contribution in [-0.2, 0) is 0 Å². The van der Waals surface area contributed by atoms with Crippen LogP contribution in [0.2, 0.25) is 0 Å². The molecule has 280 valence electrons. The molecule has 0 unspecified atom stereocenters. The first kappa shape index (κ1) is 24.3. The highest BCUT2D eigenvalue weighted by Gasteiger charge is 2.23. The van der Waals surface area contributed by atoms with Gasteiger partial charge in [0.2, 0.25) is 0 Å². The van der Waals surface area contributed by atoms with E-state index in [2.05, 4.69) is 24.3 Å². The molecule has 0 spiro atoms. The minimum atomic E-state index is -0.703. The number of thiophene rings is 1. The molecule has 0 aliphatic heterocycles. The fourth-order valence-electron chi connectivity index (χ4n) is 8.01. The first-order chi connectivity index (χ1) is 34.7. The van der Waals surface area contributed by atoms with Crippen molar-refractivity contribution in [2.45, 2.75) is 0 Å². The standard InChI is InChI=1S/C55H34N4S/c1-3-14-35(15-4-1)39-29-31-48-46(33-39)43-20-9-11-23-47(43)59(48)49-24-13-22-42(40-27-26-36-16-7-8-19-38(36)32-40)52(49)55-57-53(37-17-5-2-6-18-37)56-54(58-55)41-28-30-45-44-21-10-12-25-50(44)60-51(45)34-41/h1-34H/i1D,3D,4D,9D,11D,14D,15D,20D,23D,29D,31D,33D. The lowest BCUT2D eigenvalue weighted by atomic mass is 9.95. The SMILES string of the molecule is [2H]c1c([2H])c([2H])c(-c2c([2H])c([2H])c3c(c2[2H])c2c([2H])c([2H])c([2H])c([2H])c2n3-c2cccc(-c3ccc4ccccc4c3)c2-c2nc(-c3ccccc3)nc(-c3ccc4c(c3)sc3ccccc34)n2)c([2H])c1[2H]. The highest BCUT2D eigenvalue weighted by Crippen LogP contribution is 2.43. The minimum Gasteiger partial charge on any atom is -0.308 e. The number of para-hydroxylation sites is 1. The molecule has 0 aliphatic rings. The summed E-state index contributed by atoms with van der Waals surface area (Å²) >= 11 is 1.65. The Balaban J connectivity index is 1.24. The van der Waals surface area contributed by atoms with E-state index in [-0.39, 0.29) is 33.3 Å². The molecule has 5 heteroatoms. The van der Waals surface area contributed by atoms with Gasteiger partial charge in [-0.05, 0) is 75.4 Å². The van der Waals surface area contributed by atoms with Gasteiger partial charge in [0.25, 0.3) is 0 Å². The van der Waals surface area contributed by atoms with Gasteiger partial charge in [0.1, 0.15) is 0 Å². The van der Waals surface area contributed by atoms with E-state index in [4.69, 9.17) is 24.5 Å². The van der Waals surface area contributed by atoms with Crippen LogP contribution < -0.4 is 0 Å². The minimum absolute atomic E-state index is 0.125. The molecule has 0 aliphatic carbocycles. The van der Waals surface area contributed by atoms with Crippen LogP contribution in [0, 0.1) is 0 Å². The predicted molar refractivity (Wildman–Crippen MR) is 252 cm³/mol. The van der Waals surface area contributed by atoms with E-state index in [9.17, 15) is 6.85 Å². The summed E-state index contributed by atoms with van der Waals surface area (Å²) in [5.41, 5.74) is 2.14. The molecule has 3 aromatic heterocycles. The molecule has 0 saturated carbocycles. The molecule has 60 heavy (non-hydrogen) atoms. The molecule has 12 rings (SSSR count). The highest BCUT2D eigenvalue weighted by atomic mass is 32.1. The number of aromatic nitrogens is 4. The summed E-state index contributed by atoms with van der Waals surface area (Å²) in [5.74, 6) is 0.846. The molecule has 3 heterocycles. The van der Waals surface area contributed by atoms with Gasteiger partial charge in [-0.2, -0.15) is 0 Å². The van der Waals surface area contributed by atoms with E-state index >= 15 is 0 Å². The zero-order valence-corrected chi connectivity index (χ0v) is 32.2. The Hall–Kier alpha value is -7.73. The van der Waals surface area contributed by atoms with Crippen LogP contribution in [0.4, 0.5) is 0 Å². The maximum atomic E-state index is 9.82. The molecule has 0 radical (unpaired) electrons. The van der Waals surface area contributed by atoms with Gasteiger partial charge in [-0.15, -0.1) is 11.3 Å². The number of benzene rings is 9. The molecule has 0 atom stereocenters. The van der Waals surface area contributed by atoms with Crippen LogP contribution in [0.5, 0.6) is 0 Å². The van der Waals surface area contributed by atoms with Crippen molar-refractivity contribution in [3.63, 3.8) is 0 Å². The summed E-state index contributed by atoms with van der Waals surface area (Å²) in [6.07, 6.45) is 0. The largest absolute Gasteiger partial charge is 0.308 e. The van der Waals surface area contributed by atoms with Gasteiger partial charge < -0.3 is 4.57 Å². The summed E-state index contributed by atoms with van der Waals surface area (Å²) in [5, 5.41) is 3.79. The summed E-state index contributed by atoms with van der Waals surface area (Å²) in [6, 6.07) is 35.5. The van der Waals surface area contributed by atoms with Gasteiger partial charge in [-0.1, -0.05) is 164 Å². The average Bonchev–Trinajstić information content (AvgIpc) is 3.97. The third-order valence-corrected chi connectivity index (χ3v) is 11.9. The van der Waals surface area contributed by atoms with E-state index in [1.165, 1.54) is 4.57 Å². The molecule has 0 N–H and O–H groups in total. The quantitative estimate of drug-likeness (QED) is 0.168. The van der Waals surface area contributed by atoms with Gasteiger partial charge in [0.05, 0.1) is 38.7 Å². The van der Waals surface area contributed by atoms with E-state index < -0.39 is 83.6 Å². The van der Waals surface area contributed by atoms with Crippen LogP contribution in [-0.4, -0.2) is 19.5 Å². The Bertz CT molecular complexity index is 4300. The van der Waals surface area contributed by atoms with Gasteiger partial charge >= 0.3 is 0 Å². The van der Waals surface area contributed by atoms with Crippen LogP contribution in [0.3, 0.4) is 0 Å². The van der Waals surface area contributed by atoms with Crippen LogP contribution >= 0.6 is 11.3 Å². The highest BCUT2D eigenvalue weighted by molar-refractivity contribution is 7.25. The van der Waals surface area contributed by atoms with Crippen LogP contribution in [0.25, 0.3) is 115 Å². The Morgan fingerprint density at radius 2 is 1.13 bits per heavy atom. The molecule has 9 aromatic carbocycles. The second kappa shape index (κ2) is 14.0. The molecule has 0 amide bonds. The summed E-state index contributed by atoms with van der Waals surface area (Å²) in [7, 11) is 0. The lowest BCUT2D eigenvalue weighted by molar-refractivity contribution is 1.07. The first-order valence-electron chi connectivity index (χ1n) is 25.2. The topological polar surface area (TPSA) is 43.6 Å². The molecule has 4 nitrogen and oxygen atoms in total. The molecule has 0 bridgehead atoms. The smallest absolute Gasteiger partial charge is 0.166 e. The Labute approximate surface area is 367 Å². The second-order valence-corrected chi connectivity index (χ2v) is 15.4. The Kier molecular flexibility index (Phi) is 5.65. The number of hydrogen-bond acceptors (Lipinski definition) is 4. The second-order valence-electron chi connectivity index (χ2n) is 14.3. The van der Waals surface area contributed by atoms with Crippen molar-refractivity contribution in [1.29, 1.82) is 0 Å². The van der Waals surface area contributed by atoms with Crippen molar-refractivity contribution < 1.29 is 16.4 Å². The molecular weight excluding hydrogens is 749 g/mol. The number of rotatable bonds is 6. The van der Waals surface area contributed by atoms with Crippen molar-refractivity contribution >= 4 is 64.1 Å². The zero-order valence-electron chi connectivity index (χ0n) is 43.4. The van der Waals surface area contributed by atoms with Crippen molar-refractivity contribution in [3.05, 3.63) is 206 Å². The Morgan fingerprint density at radius 3 is 2.03 bits per heavy atom.